The molecule has 1 N–H and O–H groups in total. The summed E-state index contributed by atoms with van der Waals surface area (Å²) in [5, 5.41) is 3.55. The summed E-state index contributed by atoms with van der Waals surface area (Å²) in [6.07, 6.45) is 2.17. The molecule has 2 aromatic carbocycles. The highest BCUT2D eigenvalue weighted by Gasteiger charge is 2.23. The first-order valence-corrected chi connectivity index (χ1v) is 7.32. The molecule has 3 heteroatoms. The van der Waals surface area contributed by atoms with Crippen LogP contribution in [0.1, 0.15) is 33.9 Å². The van der Waals surface area contributed by atoms with Crippen molar-refractivity contribution in [3.05, 3.63) is 65.2 Å². The molecule has 0 saturated carbocycles. The molecule has 0 heterocycles. The maximum atomic E-state index is 12.3. The first-order valence-electron chi connectivity index (χ1n) is 7.32. The second kappa shape index (κ2) is 5.60. The van der Waals surface area contributed by atoms with E-state index in [-0.39, 0.29) is 11.9 Å². The van der Waals surface area contributed by atoms with Crippen LogP contribution in [-0.4, -0.2) is 24.9 Å². The number of amides is 1. The Morgan fingerprint density at radius 3 is 2.62 bits per heavy atom. The number of hydrogen-bond donors (Lipinski definition) is 1. The van der Waals surface area contributed by atoms with Gasteiger partial charge in [0, 0.05) is 19.8 Å². The Morgan fingerprint density at radius 2 is 1.81 bits per heavy atom. The van der Waals surface area contributed by atoms with E-state index < -0.39 is 0 Å². The largest absolute Gasteiger partial charge is 0.378 e. The number of carbonyl (C=O) groups is 1. The number of rotatable bonds is 3. The van der Waals surface area contributed by atoms with E-state index in [1.54, 1.807) is 19.0 Å². The van der Waals surface area contributed by atoms with E-state index in [0.29, 0.717) is 0 Å². The molecule has 0 spiro atoms. The van der Waals surface area contributed by atoms with Gasteiger partial charge in [0.1, 0.15) is 0 Å². The number of para-hydroxylation sites is 1. The lowest BCUT2D eigenvalue weighted by Gasteiger charge is -2.19. The van der Waals surface area contributed by atoms with Crippen LogP contribution in [0.5, 0.6) is 0 Å². The van der Waals surface area contributed by atoms with Gasteiger partial charge in [0.25, 0.3) is 5.91 Å². The van der Waals surface area contributed by atoms with E-state index in [1.807, 2.05) is 24.3 Å². The smallest absolute Gasteiger partial charge is 0.255 e. The number of carbonyl (C=O) groups excluding carboxylic acids is 1. The van der Waals surface area contributed by atoms with Gasteiger partial charge < -0.3 is 10.2 Å². The van der Waals surface area contributed by atoms with Crippen LogP contribution in [0.15, 0.2) is 48.5 Å². The Morgan fingerprint density at radius 1 is 1.10 bits per heavy atom. The highest BCUT2D eigenvalue weighted by molar-refractivity contribution is 5.99. The predicted molar refractivity (Wildman–Crippen MR) is 85.6 cm³/mol. The Balaban J connectivity index is 1.88. The van der Waals surface area contributed by atoms with Crippen LogP contribution >= 0.6 is 0 Å². The normalized spacial score (nSPS) is 16.4. The molecule has 1 unspecified atom stereocenters. The maximum Gasteiger partial charge on any atom is 0.255 e. The van der Waals surface area contributed by atoms with Gasteiger partial charge in [-0.25, -0.2) is 0 Å². The molecule has 0 aliphatic heterocycles. The third-order valence-electron chi connectivity index (χ3n) is 4.03. The molecule has 1 amide bonds. The van der Waals surface area contributed by atoms with Gasteiger partial charge in [-0.1, -0.05) is 36.4 Å². The van der Waals surface area contributed by atoms with Crippen LogP contribution in [-0.2, 0) is 6.42 Å². The zero-order chi connectivity index (χ0) is 14.8. The van der Waals surface area contributed by atoms with Crippen LogP contribution in [0.25, 0.3) is 0 Å². The molecule has 0 bridgehead atoms. The van der Waals surface area contributed by atoms with E-state index in [1.165, 1.54) is 11.1 Å². The molecule has 0 aromatic heterocycles. The quantitative estimate of drug-likeness (QED) is 0.933. The number of nitrogens with zero attached hydrogens (tertiary/aromatic N) is 1. The standard InChI is InChI=1S/C18H20N2O/c1-20(2)18(21)15-9-5-6-10-16(15)19-17-12-11-13-7-3-4-8-14(13)17/h3-10,17,19H,11-12H2,1-2H3. The van der Waals surface area contributed by atoms with Crippen molar-refractivity contribution in [2.24, 2.45) is 0 Å². The summed E-state index contributed by atoms with van der Waals surface area (Å²) >= 11 is 0. The molecule has 3 nitrogen and oxygen atoms in total. The number of benzene rings is 2. The summed E-state index contributed by atoms with van der Waals surface area (Å²) in [5.41, 5.74) is 4.40. The Kier molecular flexibility index (Phi) is 3.65. The number of nitrogens with one attached hydrogen (secondary N) is 1. The molecule has 1 aliphatic rings. The van der Waals surface area contributed by atoms with Crippen molar-refractivity contribution in [2.75, 3.05) is 19.4 Å². The molecule has 3 rings (SSSR count). The Bertz CT molecular complexity index is 664. The minimum atomic E-state index is 0.0318. The van der Waals surface area contributed by atoms with Gasteiger partial charge in [0.15, 0.2) is 0 Å². The summed E-state index contributed by atoms with van der Waals surface area (Å²) in [7, 11) is 3.56. The Hall–Kier alpha value is -2.29. The van der Waals surface area contributed by atoms with Crippen LogP contribution in [0.4, 0.5) is 5.69 Å². The summed E-state index contributed by atoms with van der Waals surface area (Å²) in [6.45, 7) is 0. The molecule has 0 radical (unpaired) electrons. The van der Waals surface area contributed by atoms with Gasteiger partial charge in [-0.05, 0) is 36.1 Å². The fourth-order valence-corrected chi connectivity index (χ4v) is 2.93. The van der Waals surface area contributed by atoms with E-state index in [2.05, 4.69) is 29.6 Å². The zero-order valence-corrected chi connectivity index (χ0v) is 12.5. The van der Waals surface area contributed by atoms with Crippen molar-refractivity contribution >= 4 is 11.6 Å². The molecule has 1 atom stereocenters. The molecule has 0 fully saturated rings. The van der Waals surface area contributed by atoms with Gasteiger partial charge in [-0.15, -0.1) is 0 Å². The molecule has 21 heavy (non-hydrogen) atoms. The van der Waals surface area contributed by atoms with Crippen molar-refractivity contribution in [3.8, 4) is 0 Å². The van der Waals surface area contributed by atoms with Crippen molar-refractivity contribution < 1.29 is 4.79 Å². The number of anilines is 1. The van der Waals surface area contributed by atoms with E-state index >= 15 is 0 Å². The van der Waals surface area contributed by atoms with Crippen molar-refractivity contribution in [1.82, 2.24) is 4.90 Å². The lowest BCUT2D eigenvalue weighted by atomic mass is 10.1. The highest BCUT2D eigenvalue weighted by Crippen LogP contribution is 2.34. The number of hydrogen-bond acceptors (Lipinski definition) is 2. The second-order valence-electron chi connectivity index (χ2n) is 5.68. The minimum Gasteiger partial charge on any atom is -0.378 e. The lowest BCUT2D eigenvalue weighted by molar-refractivity contribution is 0.0828. The first kappa shape index (κ1) is 13.7. The fraction of sp³-hybridized carbons (Fsp3) is 0.278. The van der Waals surface area contributed by atoms with Crippen molar-refractivity contribution in [1.29, 1.82) is 0 Å². The monoisotopic (exact) mass is 280 g/mol. The molecule has 108 valence electrons. The summed E-state index contributed by atoms with van der Waals surface area (Å²) in [5.74, 6) is 0.0318. The number of aryl methyl sites for hydroxylation is 1. The molecular formula is C18H20N2O. The van der Waals surface area contributed by atoms with Crippen molar-refractivity contribution in [2.45, 2.75) is 18.9 Å². The SMILES string of the molecule is CN(C)C(=O)c1ccccc1NC1CCc2ccccc21. The summed E-state index contributed by atoms with van der Waals surface area (Å²) in [6, 6.07) is 16.6. The topological polar surface area (TPSA) is 32.3 Å². The highest BCUT2D eigenvalue weighted by atomic mass is 16.2. The van der Waals surface area contributed by atoms with Gasteiger partial charge in [-0.3, -0.25) is 4.79 Å². The average Bonchev–Trinajstić information content (AvgIpc) is 2.90. The van der Waals surface area contributed by atoms with Crippen LogP contribution < -0.4 is 5.32 Å². The zero-order valence-electron chi connectivity index (χ0n) is 12.5. The number of fused-ring (bicyclic) bond motifs is 1. The molecule has 0 saturated heterocycles. The lowest BCUT2D eigenvalue weighted by Crippen LogP contribution is -2.23. The van der Waals surface area contributed by atoms with Gasteiger partial charge in [0.2, 0.25) is 0 Å². The third-order valence-corrected chi connectivity index (χ3v) is 4.03. The van der Waals surface area contributed by atoms with E-state index in [9.17, 15) is 4.79 Å². The van der Waals surface area contributed by atoms with E-state index in [0.717, 1.165) is 24.1 Å². The second-order valence-corrected chi connectivity index (χ2v) is 5.68. The molecule has 2 aromatic rings. The van der Waals surface area contributed by atoms with Crippen molar-refractivity contribution in [3.63, 3.8) is 0 Å². The van der Waals surface area contributed by atoms with Crippen LogP contribution in [0, 0.1) is 0 Å². The van der Waals surface area contributed by atoms with Gasteiger partial charge >= 0.3 is 0 Å². The summed E-state index contributed by atoms with van der Waals surface area (Å²) < 4.78 is 0. The molecular weight excluding hydrogens is 260 g/mol. The predicted octanol–water partition coefficient (Wildman–Crippen LogP) is 3.49. The third kappa shape index (κ3) is 2.64. The van der Waals surface area contributed by atoms with Crippen LogP contribution in [0.2, 0.25) is 0 Å². The first-order chi connectivity index (χ1) is 10.2. The molecule has 1 aliphatic carbocycles. The Labute approximate surface area is 125 Å². The summed E-state index contributed by atoms with van der Waals surface area (Å²) in [4.78, 5) is 13.9. The fourth-order valence-electron chi connectivity index (χ4n) is 2.93. The van der Waals surface area contributed by atoms with Gasteiger partial charge in [0.05, 0.1) is 11.6 Å². The maximum absolute atomic E-state index is 12.3. The average molecular weight is 280 g/mol. The van der Waals surface area contributed by atoms with E-state index in [4.69, 9.17) is 0 Å². The minimum absolute atomic E-state index is 0.0318. The van der Waals surface area contributed by atoms with Gasteiger partial charge in [-0.2, -0.15) is 0 Å². The van der Waals surface area contributed by atoms with Crippen LogP contribution in [0.3, 0.4) is 0 Å².